The molecule has 0 aliphatic heterocycles. The first-order valence-electron chi connectivity index (χ1n) is 7.19. The lowest BCUT2D eigenvalue weighted by Gasteiger charge is -2.07. The van der Waals surface area contributed by atoms with Gasteiger partial charge < -0.3 is 5.32 Å². The van der Waals surface area contributed by atoms with Gasteiger partial charge in [-0.25, -0.2) is 4.39 Å². The number of aromatic nitrogens is 2. The quantitative estimate of drug-likeness (QED) is 0.874. The van der Waals surface area contributed by atoms with Crippen LogP contribution in [0.1, 0.15) is 31.5 Å². The Kier molecular flexibility index (Phi) is 4.90. The van der Waals surface area contributed by atoms with Gasteiger partial charge in [-0.3, -0.25) is 4.68 Å². The Labute approximate surface area is 119 Å². The number of hydrogen-bond donors (Lipinski definition) is 1. The third kappa shape index (κ3) is 3.07. The molecule has 0 fully saturated rings. The van der Waals surface area contributed by atoms with Crippen LogP contribution in [0.4, 0.5) is 4.39 Å². The van der Waals surface area contributed by atoms with Crippen LogP contribution in [-0.4, -0.2) is 16.3 Å². The second-order valence-corrected chi connectivity index (χ2v) is 4.95. The molecule has 4 heteroatoms. The van der Waals surface area contributed by atoms with Crippen LogP contribution >= 0.6 is 0 Å². The van der Waals surface area contributed by atoms with E-state index >= 15 is 0 Å². The highest BCUT2D eigenvalue weighted by Gasteiger charge is 2.10. The molecule has 1 aromatic carbocycles. The number of aryl methyl sites for hydroxylation is 1. The minimum Gasteiger partial charge on any atom is -0.313 e. The predicted molar refractivity (Wildman–Crippen MR) is 80.0 cm³/mol. The molecule has 1 N–H and O–H groups in total. The summed E-state index contributed by atoms with van der Waals surface area (Å²) in [5.74, 6) is -0.161. The van der Waals surface area contributed by atoms with Crippen molar-refractivity contribution in [1.82, 2.24) is 15.1 Å². The molecule has 2 aromatic rings. The smallest absolute Gasteiger partial charge is 0.128 e. The third-order valence-electron chi connectivity index (χ3n) is 3.47. The van der Waals surface area contributed by atoms with Gasteiger partial charge in [-0.15, -0.1) is 0 Å². The molecule has 3 nitrogen and oxygen atoms in total. The van der Waals surface area contributed by atoms with Gasteiger partial charge in [0.05, 0.1) is 6.20 Å². The zero-order valence-electron chi connectivity index (χ0n) is 12.4. The van der Waals surface area contributed by atoms with Crippen LogP contribution in [0.25, 0.3) is 11.1 Å². The summed E-state index contributed by atoms with van der Waals surface area (Å²) in [6, 6.07) is 5.42. The van der Waals surface area contributed by atoms with Gasteiger partial charge in [0.25, 0.3) is 0 Å². The van der Waals surface area contributed by atoms with E-state index < -0.39 is 0 Å². The summed E-state index contributed by atoms with van der Waals surface area (Å²) in [7, 11) is 0. The molecule has 1 aromatic heterocycles. The Morgan fingerprint density at radius 2 is 2.10 bits per heavy atom. The van der Waals surface area contributed by atoms with E-state index in [2.05, 4.69) is 17.3 Å². The maximum atomic E-state index is 14.1. The fourth-order valence-corrected chi connectivity index (χ4v) is 2.29. The molecule has 0 saturated carbocycles. The van der Waals surface area contributed by atoms with Gasteiger partial charge in [-0.2, -0.15) is 5.10 Å². The van der Waals surface area contributed by atoms with E-state index in [0.29, 0.717) is 12.1 Å². The summed E-state index contributed by atoms with van der Waals surface area (Å²) in [6.45, 7) is 8.46. The van der Waals surface area contributed by atoms with Gasteiger partial charge in [0.1, 0.15) is 5.82 Å². The van der Waals surface area contributed by atoms with Crippen LogP contribution in [0.3, 0.4) is 0 Å². The maximum absolute atomic E-state index is 14.1. The van der Waals surface area contributed by atoms with Crippen LogP contribution in [0.15, 0.2) is 24.4 Å². The molecule has 0 atom stereocenters. The highest BCUT2D eigenvalue weighted by atomic mass is 19.1. The molecule has 108 valence electrons. The molecular weight excluding hydrogens is 253 g/mol. The van der Waals surface area contributed by atoms with Crippen molar-refractivity contribution in [3.05, 3.63) is 41.5 Å². The lowest BCUT2D eigenvalue weighted by atomic mass is 10.0. The standard InChI is InChI=1S/C16H22FN3/c1-4-8-20-12(3)15(11-19-20)13-6-7-14(10-18-5-2)16(17)9-13/h6-7,9,11,18H,4-5,8,10H2,1-3H3. The largest absolute Gasteiger partial charge is 0.313 e. The molecule has 1 heterocycles. The highest BCUT2D eigenvalue weighted by molar-refractivity contribution is 5.65. The summed E-state index contributed by atoms with van der Waals surface area (Å²) < 4.78 is 16.1. The van der Waals surface area contributed by atoms with E-state index in [0.717, 1.165) is 36.3 Å². The van der Waals surface area contributed by atoms with Crippen molar-refractivity contribution in [2.24, 2.45) is 0 Å². The van der Waals surface area contributed by atoms with Gasteiger partial charge in [-0.05, 0) is 31.5 Å². The summed E-state index contributed by atoms with van der Waals surface area (Å²) in [6.07, 6.45) is 2.86. The van der Waals surface area contributed by atoms with E-state index in [1.807, 2.05) is 36.9 Å². The first-order valence-corrected chi connectivity index (χ1v) is 7.19. The molecule has 0 aliphatic rings. The summed E-state index contributed by atoms with van der Waals surface area (Å²) in [5.41, 5.74) is 3.69. The number of nitrogens with zero attached hydrogens (tertiary/aromatic N) is 2. The Bertz CT molecular complexity index is 575. The van der Waals surface area contributed by atoms with Gasteiger partial charge >= 0.3 is 0 Å². The third-order valence-corrected chi connectivity index (χ3v) is 3.47. The van der Waals surface area contributed by atoms with Crippen molar-refractivity contribution in [2.45, 2.75) is 40.3 Å². The van der Waals surface area contributed by atoms with Gasteiger partial charge in [0, 0.05) is 29.9 Å². The molecule has 20 heavy (non-hydrogen) atoms. The second kappa shape index (κ2) is 6.66. The minimum absolute atomic E-state index is 0.161. The van der Waals surface area contributed by atoms with Crippen LogP contribution in [0.2, 0.25) is 0 Å². The van der Waals surface area contributed by atoms with Gasteiger partial charge in [-0.1, -0.05) is 26.0 Å². The summed E-state index contributed by atoms with van der Waals surface area (Å²) in [5, 5.41) is 7.51. The van der Waals surface area contributed by atoms with Crippen LogP contribution in [0.5, 0.6) is 0 Å². The number of halogens is 1. The highest BCUT2D eigenvalue weighted by Crippen LogP contribution is 2.25. The maximum Gasteiger partial charge on any atom is 0.128 e. The zero-order chi connectivity index (χ0) is 14.5. The number of nitrogens with one attached hydrogen (secondary N) is 1. The van der Waals surface area contributed by atoms with Crippen LogP contribution < -0.4 is 5.32 Å². The second-order valence-electron chi connectivity index (χ2n) is 4.95. The Morgan fingerprint density at radius 3 is 2.75 bits per heavy atom. The minimum atomic E-state index is -0.161. The molecular formula is C16H22FN3. The summed E-state index contributed by atoms with van der Waals surface area (Å²) >= 11 is 0. The Hall–Kier alpha value is -1.68. The average molecular weight is 275 g/mol. The predicted octanol–water partition coefficient (Wildman–Crippen LogP) is 3.52. The topological polar surface area (TPSA) is 29.9 Å². The van der Waals surface area contributed by atoms with E-state index in [-0.39, 0.29) is 5.82 Å². The van der Waals surface area contributed by atoms with Crippen molar-refractivity contribution >= 4 is 0 Å². The fraction of sp³-hybridized carbons (Fsp3) is 0.438. The van der Waals surface area contributed by atoms with Crippen molar-refractivity contribution in [3.63, 3.8) is 0 Å². The van der Waals surface area contributed by atoms with E-state index in [9.17, 15) is 4.39 Å². The number of hydrogen-bond acceptors (Lipinski definition) is 2. The van der Waals surface area contributed by atoms with E-state index in [1.54, 1.807) is 6.07 Å². The van der Waals surface area contributed by atoms with E-state index in [1.165, 1.54) is 0 Å². The van der Waals surface area contributed by atoms with Crippen molar-refractivity contribution in [1.29, 1.82) is 0 Å². The first-order chi connectivity index (χ1) is 9.67. The molecule has 0 spiro atoms. The number of benzene rings is 1. The monoisotopic (exact) mass is 275 g/mol. The average Bonchev–Trinajstić information content (AvgIpc) is 2.79. The zero-order valence-corrected chi connectivity index (χ0v) is 12.4. The molecule has 2 rings (SSSR count). The van der Waals surface area contributed by atoms with Crippen LogP contribution in [0, 0.1) is 12.7 Å². The Morgan fingerprint density at radius 1 is 1.30 bits per heavy atom. The molecule has 0 aliphatic carbocycles. The van der Waals surface area contributed by atoms with E-state index in [4.69, 9.17) is 0 Å². The lowest BCUT2D eigenvalue weighted by molar-refractivity contribution is 0.587. The fourth-order valence-electron chi connectivity index (χ4n) is 2.29. The van der Waals surface area contributed by atoms with Crippen molar-refractivity contribution in [2.75, 3.05) is 6.54 Å². The van der Waals surface area contributed by atoms with Crippen molar-refractivity contribution in [3.8, 4) is 11.1 Å². The lowest BCUT2D eigenvalue weighted by Crippen LogP contribution is -2.12. The molecule has 0 unspecified atom stereocenters. The molecule has 0 radical (unpaired) electrons. The van der Waals surface area contributed by atoms with Crippen LogP contribution in [-0.2, 0) is 13.1 Å². The molecule has 0 bridgehead atoms. The summed E-state index contributed by atoms with van der Waals surface area (Å²) in [4.78, 5) is 0. The Balaban J connectivity index is 2.27. The molecule has 0 amide bonds. The normalized spacial score (nSPS) is 11.0. The van der Waals surface area contributed by atoms with Crippen molar-refractivity contribution < 1.29 is 4.39 Å². The molecule has 0 saturated heterocycles. The SMILES string of the molecule is CCCn1ncc(-c2ccc(CNCC)c(F)c2)c1C. The van der Waals surface area contributed by atoms with Gasteiger partial charge in [0.2, 0.25) is 0 Å². The van der Waals surface area contributed by atoms with Gasteiger partial charge in [0.15, 0.2) is 0 Å². The number of rotatable bonds is 6. The first kappa shape index (κ1) is 14.7.